The lowest BCUT2D eigenvalue weighted by Gasteiger charge is -2.22. The average Bonchev–Trinajstić information content (AvgIpc) is 2.67. The van der Waals surface area contributed by atoms with Gasteiger partial charge >= 0.3 is 6.18 Å². The van der Waals surface area contributed by atoms with Crippen LogP contribution in [0, 0.1) is 0 Å². The van der Waals surface area contributed by atoms with Crippen LogP contribution in [0.15, 0.2) is 6.07 Å². The molecule has 1 fully saturated rings. The second kappa shape index (κ2) is 4.35. The lowest BCUT2D eigenvalue weighted by molar-refractivity contribution is -0.141. The van der Waals surface area contributed by atoms with Gasteiger partial charge in [-0.15, -0.1) is 0 Å². The zero-order valence-corrected chi connectivity index (χ0v) is 8.77. The van der Waals surface area contributed by atoms with Crippen molar-refractivity contribution in [2.24, 2.45) is 0 Å². The highest BCUT2D eigenvalue weighted by Gasteiger charge is 2.33. The van der Waals surface area contributed by atoms with E-state index in [9.17, 15) is 13.2 Å². The second-order valence-corrected chi connectivity index (χ2v) is 4.14. The van der Waals surface area contributed by atoms with Gasteiger partial charge in [-0.1, -0.05) is 19.3 Å². The number of aromatic nitrogens is 2. The molecule has 16 heavy (non-hydrogen) atoms. The minimum atomic E-state index is -4.35. The predicted molar refractivity (Wildman–Crippen MR) is 54.1 cm³/mol. The molecule has 1 aromatic rings. The number of alkyl halides is 3. The second-order valence-electron chi connectivity index (χ2n) is 4.14. The molecule has 1 aromatic heterocycles. The Bertz CT molecular complexity index is 339. The molecule has 0 spiro atoms. The summed E-state index contributed by atoms with van der Waals surface area (Å²) >= 11 is 0. The molecule has 2 rings (SSSR count). The third kappa shape index (κ3) is 2.68. The van der Waals surface area contributed by atoms with Gasteiger partial charge < -0.3 is 5.32 Å². The Balaban J connectivity index is 1.97. The van der Waals surface area contributed by atoms with Gasteiger partial charge in [-0.25, -0.2) is 0 Å². The van der Waals surface area contributed by atoms with E-state index in [1.807, 2.05) is 5.10 Å². The van der Waals surface area contributed by atoms with Crippen LogP contribution >= 0.6 is 0 Å². The molecular weight excluding hydrogens is 219 g/mol. The molecule has 0 aromatic carbocycles. The predicted octanol–water partition coefficient (Wildman–Crippen LogP) is 3.17. The number of halogens is 3. The number of nitrogens with one attached hydrogen (secondary N) is 2. The first-order valence-corrected chi connectivity index (χ1v) is 5.45. The van der Waals surface area contributed by atoms with Crippen LogP contribution < -0.4 is 5.32 Å². The van der Waals surface area contributed by atoms with Crippen molar-refractivity contribution >= 4 is 5.82 Å². The van der Waals surface area contributed by atoms with Crippen molar-refractivity contribution in [2.75, 3.05) is 5.32 Å². The van der Waals surface area contributed by atoms with Crippen molar-refractivity contribution in [1.82, 2.24) is 10.2 Å². The van der Waals surface area contributed by atoms with Gasteiger partial charge in [0.1, 0.15) is 11.5 Å². The molecule has 1 aliphatic rings. The Morgan fingerprint density at radius 2 is 1.94 bits per heavy atom. The normalized spacial score (nSPS) is 18.7. The van der Waals surface area contributed by atoms with E-state index in [0.717, 1.165) is 31.7 Å². The van der Waals surface area contributed by atoms with E-state index in [1.54, 1.807) is 0 Å². The molecule has 3 nitrogen and oxygen atoms in total. The van der Waals surface area contributed by atoms with Crippen molar-refractivity contribution in [2.45, 2.75) is 44.3 Å². The molecule has 6 heteroatoms. The van der Waals surface area contributed by atoms with Crippen LogP contribution in [0.2, 0.25) is 0 Å². The monoisotopic (exact) mass is 233 g/mol. The molecule has 2 N–H and O–H groups in total. The van der Waals surface area contributed by atoms with Crippen LogP contribution in [-0.4, -0.2) is 16.2 Å². The third-order valence-corrected chi connectivity index (χ3v) is 2.84. The summed E-state index contributed by atoms with van der Waals surface area (Å²) in [7, 11) is 0. The number of hydrogen-bond donors (Lipinski definition) is 2. The Hall–Kier alpha value is -1.20. The van der Waals surface area contributed by atoms with E-state index in [2.05, 4.69) is 10.4 Å². The largest absolute Gasteiger partial charge is 0.432 e. The smallest absolute Gasteiger partial charge is 0.366 e. The first-order valence-electron chi connectivity index (χ1n) is 5.45. The van der Waals surface area contributed by atoms with Crippen molar-refractivity contribution in [3.63, 3.8) is 0 Å². The molecule has 0 radical (unpaired) electrons. The standard InChI is InChI=1S/C10H14F3N3/c11-10(12,13)8-6-9(16-15-8)14-7-4-2-1-3-5-7/h6-7H,1-5H2,(H2,14,15,16). The van der Waals surface area contributed by atoms with Gasteiger partial charge in [0.2, 0.25) is 0 Å². The van der Waals surface area contributed by atoms with E-state index in [1.165, 1.54) is 6.42 Å². The van der Waals surface area contributed by atoms with E-state index in [4.69, 9.17) is 0 Å². The summed E-state index contributed by atoms with van der Waals surface area (Å²) in [6, 6.07) is 1.28. The van der Waals surface area contributed by atoms with Crippen LogP contribution in [0.4, 0.5) is 19.0 Å². The molecule has 0 atom stereocenters. The molecule has 0 saturated heterocycles. The molecular formula is C10H14F3N3. The Morgan fingerprint density at radius 3 is 2.50 bits per heavy atom. The van der Waals surface area contributed by atoms with Gasteiger partial charge in [0, 0.05) is 12.1 Å². The molecule has 1 heterocycles. The van der Waals surface area contributed by atoms with Gasteiger partial charge in [-0.3, -0.25) is 5.10 Å². The van der Waals surface area contributed by atoms with Gasteiger partial charge in [0.15, 0.2) is 0 Å². The highest BCUT2D eigenvalue weighted by atomic mass is 19.4. The fraction of sp³-hybridized carbons (Fsp3) is 0.700. The topological polar surface area (TPSA) is 40.7 Å². The Kier molecular flexibility index (Phi) is 3.07. The molecule has 0 unspecified atom stereocenters. The van der Waals surface area contributed by atoms with E-state index < -0.39 is 11.9 Å². The summed E-state index contributed by atoms with van der Waals surface area (Å²) < 4.78 is 36.8. The van der Waals surface area contributed by atoms with Crippen LogP contribution in [0.3, 0.4) is 0 Å². The van der Waals surface area contributed by atoms with Crippen molar-refractivity contribution in [3.8, 4) is 0 Å². The molecule has 0 amide bonds. The van der Waals surface area contributed by atoms with Gasteiger partial charge in [0.05, 0.1) is 0 Å². The summed E-state index contributed by atoms with van der Waals surface area (Å²) in [5, 5.41) is 8.65. The highest BCUT2D eigenvalue weighted by Crippen LogP contribution is 2.29. The molecule has 0 bridgehead atoms. The lowest BCUT2D eigenvalue weighted by atomic mass is 9.95. The summed E-state index contributed by atoms with van der Waals surface area (Å²) in [5.74, 6) is 0.291. The van der Waals surface area contributed by atoms with Crippen molar-refractivity contribution in [3.05, 3.63) is 11.8 Å². The van der Waals surface area contributed by atoms with Crippen LogP contribution in [0.1, 0.15) is 37.8 Å². The van der Waals surface area contributed by atoms with Crippen molar-refractivity contribution < 1.29 is 13.2 Å². The SMILES string of the molecule is FC(F)(F)c1cc(NC2CCCCC2)n[nH]1. The highest BCUT2D eigenvalue weighted by molar-refractivity contribution is 5.37. The first kappa shape index (κ1) is 11.3. The number of nitrogens with zero attached hydrogens (tertiary/aromatic N) is 1. The summed E-state index contributed by atoms with van der Waals surface area (Å²) in [6.07, 6.45) is 1.15. The fourth-order valence-corrected chi connectivity index (χ4v) is 2.00. The molecule has 1 saturated carbocycles. The Morgan fingerprint density at radius 1 is 1.25 bits per heavy atom. The average molecular weight is 233 g/mol. The minimum absolute atomic E-state index is 0.262. The van der Waals surface area contributed by atoms with Crippen LogP contribution in [0.5, 0.6) is 0 Å². The third-order valence-electron chi connectivity index (χ3n) is 2.84. The number of rotatable bonds is 2. The van der Waals surface area contributed by atoms with E-state index in [0.29, 0.717) is 5.82 Å². The summed E-state index contributed by atoms with van der Waals surface area (Å²) in [5.41, 5.74) is -0.800. The maximum Gasteiger partial charge on any atom is 0.432 e. The number of hydrogen-bond acceptors (Lipinski definition) is 2. The Labute approximate surface area is 91.4 Å². The zero-order valence-electron chi connectivity index (χ0n) is 8.77. The quantitative estimate of drug-likeness (QED) is 0.823. The fourth-order valence-electron chi connectivity index (χ4n) is 2.00. The zero-order chi connectivity index (χ0) is 11.6. The summed E-state index contributed by atoms with van der Waals surface area (Å²) in [6.45, 7) is 0. The van der Waals surface area contributed by atoms with Crippen LogP contribution in [0.25, 0.3) is 0 Å². The van der Waals surface area contributed by atoms with Crippen molar-refractivity contribution in [1.29, 1.82) is 0 Å². The minimum Gasteiger partial charge on any atom is -0.366 e. The maximum absolute atomic E-state index is 12.3. The van der Waals surface area contributed by atoms with Crippen LogP contribution in [-0.2, 0) is 6.18 Å². The lowest BCUT2D eigenvalue weighted by Crippen LogP contribution is -2.22. The first-order chi connectivity index (χ1) is 7.55. The number of H-pyrrole nitrogens is 1. The van der Waals surface area contributed by atoms with E-state index >= 15 is 0 Å². The van der Waals surface area contributed by atoms with Gasteiger partial charge in [0.25, 0.3) is 0 Å². The molecule has 1 aliphatic carbocycles. The number of anilines is 1. The maximum atomic E-state index is 12.3. The summed E-state index contributed by atoms with van der Waals surface area (Å²) in [4.78, 5) is 0. The molecule has 0 aliphatic heterocycles. The van der Waals surface area contributed by atoms with Gasteiger partial charge in [-0.2, -0.15) is 18.3 Å². The number of aromatic amines is 1. The van der Waals surface area contributed by atoms with E-state index in [-0.39, 0.29) is 6.04 Å². The molecule has 90 valence electrons. The van der Waals surface area contributed by atoms with Gasteiger partial charge in [-0.05, 0) is 12.8 Å².